The highest BCUT2D eigenvalue weighted by atomic mass is 16.5. The van der Waals surface area contributed by atoms with Gasteiger partial charge in [-0.15, -0.1) is 0 Å². The van der Waals surface area contributed by atoms with Gasteiger partial charge in [0.25, 0.3) is 0 Å². The highest BCUT2D eigenvalue weighted by Gasteiger charge is 2.34. The van der Waals surface area contributed by atoms with Crippen molar-refractivity contribution in [3.8, 4) is 0 Å². The van der Waals surface area contributed by atoms with Crippen molar-refractivity contribution in [2.45, 2.75) is 50.6 Å². The van der Waals surface area contributed by atoms with Crippen molar-refractivity contribution in [3.05, 3.63) is 0 Å². The van der Waals surface area contributed by atoms with E-state index in [1.807, 2.05) is 0 Å². The van der Waals surface area contributed by atoms with Gasteiger partial charge in [0.2, 0.25) is 0 Å². The van der Waals surface area contributed by atoms with Crippen LogP contribution in [0.4, 0.5) is 0 Å². The number of fused-ring (bicyclic) bond motifs is 1. The second-order valence-electron chi connectivity index (χ2n) is 4.47. The fourth-order valence-electron chi connectivity index (χ4n) is 2.82. The van der Waals surface area contributed by atoms with E-state index >= 15 is 0 Å². The predicted octanol–water partition coefficient (Wildman–Crippen LogP) is 1.47. The zero-order valence-corrected chi connectivity index (χ0v) is 8.79. The van der Waals surface area contributed by atoms with E-state index in [1.165, 1.54) is 39.2 Å². The number of piperidine rings is 1. The van der Waals surface area contributed by atoms with Crippen molar-refractivity contribution >= 4 is 5.97 Å². The maximum Gasteiger partial charge on any atom is 0.322 e. The second-order valence-corrected chi connectivity index (χ2v) is 4.47. The molecule has 1 heterocycles. The highest BCUT2D eigenvalue weighted by molar-refractivity contribution is 5.75. The molecule has 0 radical (unpaired) electrons. The van der Waals surface area contributed by atoms with Gasteiger partial charge in [0.1, 0.15) is 6.04 Å². The number of rotatable bonds is 1. The summed E-state index contributed by atoms with van der Waals surface area (Å²) >= 11 is 0. The molecule has 0 aromatic rings. The molecule has 0 aromatic carbocycles. The summed E-state index contributed by atoms with van der Waals surface area (Å²) in [5, 5.41) is 3.43. The molecule has 3 nitrogen and oxygen atoms in total. The maximum atomic E-state index is 11.4. The minimum absolute atomic E-state index is 0.0423. The number of carbonyl (C=O) groups excluding carboxylic acids is 1. The van der Waals surface area contributed by atoms with Gasteiger partial charge in [-0.1, -0.05) is 12.8 Å². The van der Waals surface area contributed by atoms with Gasteiger partial charge in [-0.05, 0) is 31.6 Å². The summed E-state index contributed by atoms with van der Waals surface area (Å²) in [4.78, 5) is 11.4. The third kappa shape index (κ3) is 1.92. The Morgan fingerprint density at radius 2 is 2.00 bits per heavy atom. The molecule has 1 aliphatic heterocycles. The lowest BCUT2D eigenvalue weighted by molar-refractivity contribution is -0.144. The summed E-state index contributed by atoms with van der Waals surface area (Å²) in [6, 6.07) is 0.529. The number of hydrogen-bond acceptors (Lipinski definition) is 3. The molecule has 2 aliphatic rings. The van der Waals surface area contributed by atoms with E-state index in [2.05, 4.69) is 5.32 Å². The third-order valence-electron chi connectivity index (χ3n) is 3.64. The van der Waals surface area contributed by atoms with Crippen LogP contribution in [0.15, 0.2) is 0 Å². The Labute approximate surface area is 85.2 Å². The summed E-state index contributed by atoms with van der Waals surface area (Å²) in [6.07, 6.45) is 7.39. The van der Waals surface area contributed by atoms with Gasteiger partial charge in [0, 0.05) is 6.04 Å². The quantitative estimate of drug-likeness (QED) is 0.647. The van der Waals surface area contributed by atoms with Gasteiger partial charge >= 0.3 is 5.97 Å². The van der Waals surface area contributed by atoms with Gasteiger partial charge in [-0.25, -0.2) is 0 Å². The molecule has 14 heavy (non-hydrogen) atoms. The first-order valence-corrected chi connectivity index (χ1v) is 5.65. The predicted molar refractivity (Wildman–Crippen MR) is 53.9 cm³/mol. The normalized spacial score (nSPS) is 37.4. The monoisotopic (exact) mass is 197 g/mol. The number of nitrogens with one attached hydrogen (secondary N) is 1. The molecule has 0 spiro atoms. The van der Waals surface area contributed by atoms with E-state index in [4.69, 9.17) is 4.74 Å². The molecule has 0 aromatic heterocycles. The summed E-state index contributed by atoms with van der Waals surface area (Å²) in [6.45, 7) is 0. The largest absolute Gasteiger partial charge is 0.468 e. The van der Waals surface area contributed by atoms with Gasteiger partial charge in [0.15, 0.2) is 0 Å². The van der Waals surface area contributed by atoms with Crippen LogP contribution in [0.1, 0.15) is 38.5 Å². The molecule has 2 fully saturated rings. The molecule has 2 rings (SSSR count). The minimum Gasteiger partial charge on any atom is -0.468 e. The summed E-state index contributed by atoms with van der Waals surface area (Å²) in [5.74, 6) is 0.721. The van der Waals surface area contributed by atoms with Crippen LogP contribution >= 0.6 is 0 Å². The van der Waals surface area contributed by atoms with E-state index in [0.29, 0.717) is 6.04 Å². The van der Waals surface area contributed by atoms with Gasteiger partial charge in [0.05, 0.1) is 7.11 Å². The lowest BCUT2D eigenvalue weighted by Crippen LogP contribution is -2.52. The summed E-state index contributed by atoms with van der Waals surface area (Å²) < 4.78 is 4.77. The zero-order chi connectivity index (χ0) is 9.97. The van der Waals surface area contributed by atoms with E-state index in [-0.39, 0.29) is 12.0 Å². The van der Waals surface area contributed by atoms with E-state index in [1.54, 1.807) is 0 Å². The van der Waals surface area contributed by atoms with Gasteiger partial charge < -0.3 is 10.1 Å². The van der Waals surface area contributed by atoms with E-state index in [0.717, 1.165) is 12.3 Å². The lowest BCUT2D eigenvalue weighted by atomic mass is 9.78. The number of carbonyl (C=O) groups is 1. The van der Waals surface area contributed by atoms with Crippen LogP contribution in [0, 0.1) is 5.92 Å². The van der Waals surface area contributed by atoms with Crippen molar-refractivity contribution in [2.24, 2.45) is 5.92 Å². The molecule has 0 amide bonds. The van der Waals surface area contributed by atoms with Gasteiger partial charge in [-0.3, -0.25) is 4.79 Å². The Kier molecular flexibility index (Phi) is 3.06. The van der Waals surface area contributed by atoms with Crippen LogP contribution in [0.3, 0.4) is 0 Å². The fraction of sp³-hybridized carbons (Fsp3) is 0.909. The third-order valence-corrected chi connectivity index (χ3v) is 3.64. The molecule has 3 atom stereocenters. The number of esters is 1. The Hall–Kier alpha value is -0.570. The molecule has 1 aliphatic carbocycles. The van der Waals surface area contributed by atoms with Crippen LogP contribution in [-0.4, -0.2) is 25.2 Å². The average molecular weight is 197 g/mol. The first-order valence-electron chi connectivity index (χ1n) is 5.65. The van der Waals surface area contributed by atoms with E-state index in [9.17, 15) is 4.79 Å². The van der Waals surface area contributed by atoms with Crippen LogP contribution in [0.25, 0.3) is 0 Å². The van der Waals surface area contributed by atoms with Crippen LogP contribution in [0.2, 0.25) is 0 Å². The fourth-order valence-corrected chi connectivity index (χ4v) is 2.82. The molecule has 0 bridgehead atoms. The Morgan fingerprint density at radius 1 is 1.21 bits per heavy atom. The first-order chi connectivity index (χ1) is 6.81. The van der Waals surface area contributed by atoms with Crippen molar-refractivity contribution < 1.29 is 9.53 Å². The number of methoxy groups -OCH3 is 1. The second kappa shape index (κ2) is 4.30. The molecule has 1 saturated heterocycles. The van der Waals surface area contributed by atoms with E-state index < -0.39 is 0 Å². The number of ether oxygens (including phenoxy) is 1. The first kappa shape index (κ1) is 9.97. The number of hydrogen-bond donors (Lipinski definition) is 1. The molecular weight excluding hydrogens is 178 g/mol. The van der Waals surface area contributed by atoms with Gasteiger partial charge in [-0.2, -0.15) is 0 Å². The van der Waals surface area contributed by atoms with Crippen molar-refractivity contribution in [1.29, 1.82) is 0 Å². The Morgan fingerprint density at radius 3 is 2.79 bits per heavy atom. The molecule has 1 saturated carbocycles. The summed E-state index contributed by atoms with van der Waals surface area (Å²) in [5.41, 5.74) is 0. The summed E-state index contributed by atoms with van der Waals surface area (Å²) in [7, 11) is 1.47. The molecule has 3 heteroatoms. The lowest BCUT2D eigenvalue weighted by Gasteiger charge is -2.39. The van der Waals surface area contributed by atoms with Crippen molar-refractivity contribution in [3.63, 3.8) is 0 Å². The standard InChI is InChI=1S/C11H19NO2/c1-14-11(13)10-7-6-8-4-2-3-5-9(8)12-10/h8-10,12H,2-7H2,1H3/t8-,9-,10+/m1/s1. The van der Waals surface area contributed by atoms with Crippen molar-refractivity contribution in [1.82, 2.24) is 5.32 Å². The average Bonchev–Trinajstić information content (AvgIpc) is 2.27. The Balaban J connectivity index is 1.92. The maximum absolute atomic E-state index is 11.4. The highest BCUT2D eigenvalue weighted by Crippen LogP contribution is 2.32. The van der Waals surface area contributed by atoms with Crippen LogP contribution < -0.4 is 5.32 Å². The molecular formula is C11H19NO2. The SMILES string of the molecule is COC(=O)[C@@H]1CC[C@H]2CCCC[C@H]2N1. The van der Waals surface area contributed by atoms with Crippen LogP contribution in [0.5, 0.6) is 0 Å². The van der Waals surface area contributed by atoms with Crippen molar-refractivity contribution in [2.75, 3.05) is 7.11 Å². The zero-order valence-electron chi connectivity index (χ0n) is 8.79. The smallest absolute Gasteiger partial charge is 0.322 e. The minimum atomic E-state index is -0.0889. The Bertz CT molecular complexity index is 217. The molecule has 1 N–H and O–H groups in total. The molecule has 80 valence electrons. The topological polar surface area (TPSA) is 38.3 Å². The van der Waals surface area contributed by atoms with Crippen LogP contribution in [-0.2, 0) is 9.53 Å². The molecule has 0 unspecified atom stereocenters.